The highest BCUT2D eigenvalue weighted by molar-refractivity contribution is 5.86. The maximum absolute atomic E-state index is 11.9. The van der Waals surface area contributed by atoms with Crippen LogP contribution in [-0.4, -0.2) is 42.6 Å². The van der Waals surface area contributed by atoms with E-state index in [9.17, 15) is 15.0 Å². The molecular formula is C40H54O5. The minimum atomic E-state index is -0.693. The van der Waals surface area contributed by atoms with Crippen LogP contribution in [0.4, 0.5) is 0 Å². The van der Waals surface area contributed by atoms with Crippen molar-refractivity contribution in [2.45, 2.75) is 91.9 Å². The highest BCUT2D eigenvalue weighted by Gasteiger charge is 2.29. The Bertz CT molecular complexity index is 1350. The van der Waals surface area contributed by atoms with Crippen LogP contribution in [0, 0.1) is 5.41 Å². The Labute approximate surface area is 271 Å². The van der Waals surface area contributed by atoms with Crippen molar-refractivity contribution in [3.8, 4) is 28.0 Å². The van der Waals surface area contributed by atoms with Crippen molar-refractivity contribution in [3.05, 3.63) is 89.5 Å². The van der Waals surface area contributed by atoms with E-state index in [0.717, 1.165) is 42.6 Å². The second-order valence-electron chi connectivity index (χ2n) is 12.4. The maximum atomic E-state index is 11.9. The molecule has 3 rings (SSSR count). The van der Waals surface area contributed by atoms with Gasteiger partial charge in [0.1, 0.15) is 5.75 Å². The third-order valence-electron chi connectivity index (χ3n) is 8.65. The summed E-state index contributed by atoms with van der Waals surface area (Å²) in [7, 11) is 0. The van der Waals surface area contributed by atoms with Crippen molar-refractivity contribution >= 4 is 5.97 Å². The van der Waals surface area contributed by atoms with Crippen molar-refractivity contribution < 1.29 is 24.5 Å². The van der Waals surface area contributed by atoms with E-state index in [0.29, 0.717) is 24.8 Å². The summed E-state index contributed by atoms with van der Waals surface area (Å²) in [5, 5.41) is 20.3. The number of unbranched alkanes of at least 4 members (excludes halogenated alkanes) is 3. The average molecular weight is 615 g/mol. The molecule has 0 radical (unpaired) electrons. The van der Waals surface area contributed by atoms with Gasteiger partial charge in [-0.15, -0.1) is 0 Å². The monoisotopic (exact) mass is 614 g/mol. The highest BCUT2D eigenvalue weighted by atomic mass is 16.5. The number of hydrogen-bond acceptors (Lipinski definition) is 5. The molecule has 0 bridgehead atoms. The van der Waals surface area contributed by atoms with Crippen LogP contribution in [0.25, 0.3) is 22.3 Å². The Morgan fingerprint density at radius 3 is 2.09 bits per heavy atom. The minimum absolute atomic E-state index is 0.137. The average Bonchev–Trinajstić information content (AvgIpc) is 3.07. The molecule has 0 aliphatic rings. The molecule has 0 aliphatic carbocycles. The molecule has 0 atom stereocenters. The SMILES string of the molecule is C=C(C)C(=O)OCCCc1cc(-c2ccc(-c3ccc(CCCCC)cc3)cc2CC)ccc1OCC(CO)(CO)CCCC. The largest absolute Gasteiger partial charge is 0.493 e. The van der Waals surface area contributed by atoms with E-state index in [-0.39, 0.29) is 32.4 Å². The quantitative estimate of drug-likeness (QED) is 0.0755. The minimum Gasteiger partial charge on any atom is -0.493 e. The number of aryl methyl sites for hydroxylation is 3. The van der Waals surface area contributed by atoms with Gasteiger partial charge in [0.05, 0.1) is 31.8 Å². The first-order valence-electron chi connectivity index (χ1n) is 16.8. The number of aliphatic hydroxyl groups is 2. The van der Waals surface area contributed by atoms with Crippen molar-refractivity contribution in [3.63, 3.8) is 0 Å². The van der Waals surface area contributed by atoms with Gasteiger partial charge < -0.3 is 19.7 Å². The molecule has 0 amide bonds. The number of ether oxygens (including phenoxy) is 2. The molecule has 3 aromatic carbocycles. The van der Waals surface area contributed by atoms with Crippen LogP contribution in [0.2, 0.25) is 0 Å². The van der Waals surface area contributed by atoms with Gasteiger partial charge in [-0.2, -0.15) is 0 Å². The summed E-state index contributed by atoms with van der Waals surface area (Å²) in [4.78, 5) is 11.9. The molecule has 5 heteroatoms. The number of benzene rings is 3. The normalized spacial score (nSPS) is 11.4. The standard InChI is InChI=1S/C40H54O5/c1-6-9-11-13-31-15-17-33(18-16-31)34-19-21-37(32(8-3)25-34)35-20-22-38(45-29-40(27-41,28-42)23-10-7-2)36(26-35)14-12-24-44-39(43)30(4)5/h15-22,25-26,41-42H,4,6-14,23-24,27-29H2,1-3,5H3. The first-order chi connectivity index (χ1) is 21.8. The van der Waals surface area contributed by atoms with Crippen LogP contribution in [0.15, 0.2) is 72.8 Å². The maximum Gasteiger partial charge on any atom is 0.333 e. The third-order valence-corrected chi connectivity index (χ3v) is 8.65. The lowest BCUT2D eigenvalue weighted by Crippen LogP contribution is -2.36. The van der Waals surface area contributed by atoms with E-state index in [4.69, 9.17) is 9.47 Å². The molecular weight excluding hydrogens is 560 g/mol. The molecule has 5 nitrogen and oxygen atoms in total. The third kappa shape index (κ3) is 10.6. The summed E-state index contributed by atoms with van der Waals surface area (Å²) in [6, 6.07) is 22.0. The van der Waals surface area contributed by atoms with E-state index in [1.165, 1.54) is 47.1 Å². The van der Waals surface area contributed by atoms with Crippen LogP contribution in [0.3, 0.4) is 0 Å². The zero-order valence-electron chi connectivity index (χ0n) is 28.0. The van der Waals surface area contributed by atoms with Gasteiger partial charge in [0, 0.05) is 5.57 Å². The molecule has 0 saturated heterocycles. The zero-order valence-corrected chi connectivity index (χ0v) is 28.0. The van der Waals surface area contributed by atoms with Gasteiger partial charge >= 0.3 is 5.97 Å². The summed E-state index contributed by atoms with van der Waals surface area (Å²) in [5.74, 6) is 0.340. The number of hydrogen-bond donors (Lipinski definition) is 2. The Morgan fingerprint density at radius 1 is 0.778 bits per heavy atom. The number of carbonyl (C=O) groups is 1. The van der Waals surface area contributed by atoms with E-state index in [2.05, 4.69) is 81.9 Å². The highest BCUT2D eigenvalue weighted by Crippen LogP contribution is 2.34. The van der Waals surface area contributed by atoms with Gasteiger partial charge in [-0.3, -0.25) is 0 Å². The molecule has 0 aromatic heterocycles. The number of rotatable bonds is 20. The molecule has 0 fully saturated rings. The summed E-state index contributed by atoms with van der Waals surface area (Å²) in [6.07, 6.45) is 9.63. The van der Waals surface area contributed by atoms with Crippen LogP contribution in [0.5, 0.6) is 5.75 Å². The number of esters is 1. The van der Waals surface area contributed by atoms with Gasteiger partial charge in [-0.05, 0) is 96.5 Å². The molecule has 3 aromatic rings. The van der Waals surface area contributed by atoms with E-state index in [1.807, 2.05) is 6.07 Å². The van der Waals surface area contributed by atoms with Gasteiger partial charge in [-0.25, -0.2) is 4.79 Å². The van der Waals surface area contributed by atoms with Crippen molar-refractivity contribution in [1.82, 2.24) is 0 Å². The molecule has 0 heterocycles. The number of carbonyl (C=O) groups excluding carboxylic acids is 1. The predicted octanol–water partition coefficient (Wildman–Crippen LogP) is 8.91. The summed E-state index contributed by atoms with van der Waals surface area (Å²) >= 11 is 0. The summed E-state index contributed by atoms with van der Waals surface area (Å²) < 4.78 is 11.7. The topological polar surface area (TPSA) is 76.0 Å². The first-order valence-corrected chi connectivity index (χ1v) is 16.8. The smallest absolute Gasteiger partial charge is 0.333 e. The fraction of sp³-hybridized carbons (Fsp3) is 0.475. The molecule has 0 aliphatic heterocycles. The summed E-state index contributed by atoms with van der Waals surface area (Å²) in [5.41, 5.74) is 8.09. The van der Waals surface area contributed by atoms with Crippen molar-refractivity contribution in [2.24, 2.45) is 5.41 Å². The Hall–Kier alpha value is -3.41. The van der Waals surface area contributed by atoms with Crippen LogP contribution >= 0.6 is 0 Å². The fourth-order valence-corrected chi connectivity index (χ4v) is 5.58. The van der Waals surface area contributed by atoms with Crippen molar-refractivity contribution in [1.29, 1.82) is 0 Å². The van der Waals surface area contributed by atoms with Gasteiger partial charge in [0.25, 0.3) is 0 Å². The zero-order chi connectivity index (χ0) is 32.7. The first kappa shape index (κ1) is 36.1. The molecule has 45 heavy (non-hydrogen) atoms. The molecule has 0 spiro atoms. The van der Waals surface area contributed by atoms with E-state index < -0.39 is 5.41 Å². The van der Waals surface area contributed by atoms with Crippen molar-refractivity contribution in [2.75, 3.05) is 26.4 Å². The lowest BCUT2D eigenvalue weighted by atomic mass is 9.85. The van der Waals surface area contributed by atoms with E-state index >= 15 is 0 Å². The molecule has 0 unspecified atom stereocenters. The van der Waals surface area contributed by atoms with Crippen LogP contribution in [0.1, 0.15) is 89.3 Å². The molecule has 244 valence electrons. The Morgan fingerprint density at radius 2 is 1.44 bits per heavy atom. The second-order valence-corrected chi connectivity index (χ2v) is 12.4. The lowest BCUT2D eigenvalue weighted by molar-refractivity contribution is -0.139. The molecule has 2 N–H and O–H groups in total. The van der Waals surface area contributed by atoms with Gasteiger partial charge in [-0.1, -0.05) is 102 Å². The molecule has 0 saturated carbocycles. The Balaban J connectivity index is 1.87. The lowest BCUT2D eigenvalue weighted by Gasteiger charge is -2.30. The van der Waals surface area contributed by atoms with Gasteiger partial charge in [0.2, 0.25) is 0 Å². The van der Waals surface area contributed by atoms with Gasteiger partial charge in [0.15, 0.2) is 0 Å². The van der Waals surface area contributed by atoms with Crippen LogP contribution < -0.4 is 4.74 Å². The predicted molar refractivity (Wildman–Crippen MR) is 186 cm³/mol. The summed E-state index contributed by atoms with van der Waals surface area (Å²) in [6.45, 7) is 12.1. The van der Waals surface area contributed by atoms with Crippen LogP contribution in [-0.2, 0) is 28.8 Å². The Kier molecular flexibility index (Phi) is 14.9. The fourth-order valence-electron chi connectivity index (χ4n) is 5.58. The van der Waals surface area contributed by atoms with E-state index in [1.54, 1.807) is 6.92 Å². The second kappa shape index (κ2) is 18.5. The number of aliphatic hydroxyl groups excluding tert-OH is 2.